The van der Waals surface area contributed by atoms with Crippen LogP contribution in [0.4, 0.5) is 4.79 Å². The number of amides is 1. The lowest BCUT2D eigenvalue weighted by molar-refractivity contribution is 0.0687. The number of benzene rings is 2. The molecule has 1 saturated carbocycles. The maximum absolute atomic E-state index is 13.3. The van der Waals surface area contributed by atoms with E-state index >= 15 is 0 Å². The third-order valence-electron chi connectivity index (χ3n) is 6.65. The SMILES string of the molecule is NC1CC(O)CC1CCC1CN(C(=O)OCc2ccccc2)CCN1S(=O)c1ccccc1. The molecule has 5 atom stereocenters. The summed E-state index contributed by atoms with van der Waals surface area (Å²) in [7, 11) is -1.31. The molecule has 178 valence electrons. The average molecular weight is 472 g/mol. The van der Waals surface area contributed by atoms with Crippen molar-refractivity contribution in [1.82, 2.24) is 9.21 Å². The minimum absolute atomic E-state index is 0.0106. The van der Waals surface area contributed by atoms with Gasteiger partial charge in [-0.15, -0.1) is 0 Å². The Balaban J connectivity index is 1.41. The summed E-state index contributed by atoms with van der Waals surface area (Å²) in [6.45, 7) is 1.66. The number of aliphatic hydroxyl groups excluding tert-OH is 1. The van der Waals surface area contributed by atoms with Gasteiger partial charge in [-0.1, -0.05) is 48.5 Å². The highest BCUT2D eigenvalue weighted by molar-refractivity contribution is 7.82. The molecule has 2 aromatic carbocycles. The first-order valence-electron chi connectivity index (χ1n) is 11.6. The van der Waals surface area contributed by atoms with Crippen LogP contribution in [0, 0.1) is 5.92 Å². The largest absolute Gasteiger partial charge is 0.445 e. The maximum atomic E-state index is 13.3. The smallest absolute Gasteiger partial charge is 0.410 e. The summed E-state index contributed by atoms with van der Waals surface area (Å²) in [6.07, 6.45) is 2.24. The van der Waals surface area contributed by atoms with Crippen LogP contribution in [0.5, 0.6) is 0 Å². The second-order valence-electron chi connectivity index (χ2n) is 8.97. The van der Waals surface area contributed by atoms with Crippen LogP contribution >= 0.6 is 0 Å². The molecule has 0 aromatic heterocycles. The Morgan fingerprint density at radius 3 is 2.39 bits per heavy atom. The maximum Gasteiger partial charge on any atom is 0.410 e. The predicted molar refractivity (Wildman–Crippen MR) is 127 cm³/mol. The van der Waals surface area contributed by atoms with Crippen LogP contribution < -0.4 is 5.73 Å². The number of piperazine rings is 1. The fraction of sp³-hybridized carbons (Fsp3) is 0.480. The Bertz CT molecular complexity index is 930. The number of rotatable bonds is 7. The molecule has 1 aliphatic heterocycles. The van der Waals surface area contributed by atoms with Gasteiger partial charge in [0.1, 0.15) is 17.6 Å². The van der Waals surface area contributed by atoms with Crippen LogP contribution in [0.2, 0.25) is 0 Å². The molecule has 5 unspecified atom stereocenters. The van der Waals surface area contributed by atoms with Crippen molar-refractivity contribution >= 4 is 17.1 Å². The van der Waals surface area contributed by atoms with Crippen molar-refractivity contribution < 1.29 is 18.8 Å². The highest BCUT2D eigenvalue weighted by Crippen LogP contribution is 2.31. The number of nitrogens with two attached hydrogens (primary N) is 1. The van der Waals surface area contributed by atoms with E-state index in [2.05, 4.69) is 0 Å². The van der Waals surface area contributed by atoms with Crippen molar-refractivity contribution in [1.29, 1.82) is 0 Å². The third kappa shape index (κ3) is 6.20. The molecule has 1 amide bonds. The molecule has 3 N–H and O–H groups in total. The van der Waals surface area contributed by atoms with Crippen molar-refractivity contribution in [3.63, 3.8) is 0 Å². The number of aliphatic hydroxyl groups is 1. The molecule has 0 radical (unpaired) electrons. The van der Waals surface area contributed by atoms with Crippen LogP contribution in [0.1, 0.15) is 31.2 Å². The fourth-order valence-corrected chi connectivity index (χ4v) is 6.16. The summed E-state index contributed by atoms with van der Waals surface area (Å²) in [5.74, 6) is 0.243. The van der Waals surface area contributed by atoms with Gasteiger partial charge in [-0.05, 0) is 49.3 Å². The molecular weight excluding hydrogens is 438 g/mol. The van der Waals surface area contributed by atoms with E-state index in [1.54, 1.807) is 4.90 Å². The van der Waals surface area contributed by atoms with E-state index < -0.39 is 11.0 Å². The van der Waals surface area contributed by atoms with Crippen molar-refractivity contribution in [3.05, 3.63) is 66.2 Å². The van der Waals surface area contributed by atoms with E-state index in [1.165, 1.54) is 0 Å². The molecule has 2 aliphatic rings. The third-order valence-corrected chi connectivity index (χ3v) is 8.23. The van der Waals surface area contributed by atoms with Gasteiger partial charge >= 0.3 is 6.09 Å². The first-order valence-corrected chi connectivity index (χ1v) is 12.7. The zero-order valence-electron chi connectivity index (χ0n) is 18.8. The molecule has 8 heteroatoms. The zero-order chi connectivity index (χ0) is 23.2. The minimum atomic E-state index is -1.31. The highest BCUT2D eigenvalue weighted by Gasteiger charge is 2.36. The lowest BCUT2D eigenvalue weighted by atomic mass is 9.95. The van der Waals surface area contributed by atoms with Crippen LogP contribution in [-0.2, 0) is 22.3 Å². The minimum Gasteiger partial charge on any atom is -0.445 e. The summed E-state index contributed by atoms with van der Waals surface area (Å²) >= 11 is 0. The first-order chi connectivity index (χ1) is 16.0. The number of ether oxygens (including phenoxy) is 1. The molecule has 0 spiro atoms. The van der Waals surface area contributed by atoms with Gasteiger partial charge in [0.25, 0.3) is 0 Å². The van der Waals surface area contributed by atoms with Gasteiger partial charge in [-0.3, -0.25) is 0 Å². The number of hydrogen-bond acceptors (Lipinski definition) is 5. The molecule has 1 heterocycles. The molecule has 1 aliphatic carbocycles. The first kappa shape index (κ1) is 23.9. The Morgan fingerprint density at radius 1 is 1.03 bits per heavy atom. The number of nitrogens with zero attached hydrogens (tertiary/aromatic N) is 2. The zero-order valence-corrected chi connectivity index (χ0v) is 19.6. The van der Waals surface area contributed by atoms with E-state index in [4.69, 9.17) is 10.5 Å². The molecule has 2 aromatic rings. The second kappa shape index (κ2) is 11.2. The van der Waals surface area contributed by atoms with Gasteiger partial charge < -0.3 is 20.5 Å². The quantitative estimate of drug-likeness (QED) is 0.647. The van der Waals surface area contributed by atoms with E-state index in [1.807, 2.05) is 65.0 Å². The van der Waals surface area contributed by atoms with Crippen molar-refractivity contribution in [2.24, 2.45) is 11.7 Å². The molecular formula is C25H33N3O4S. The summed E-state index contributed by atoms with van der Waals surface area (Å²) in [5.41, 5.74) is 7.17. The van der Waals surface area contributed by atoms with E-state index in [0.717, 1.165) is 23.3 Å². The Hall–Kier alpha value is -2.26. The number of carbonyl (C=O) groups excluding carboxylic acids is 1. The Morgan fingerprint density at radius 2 is 1.73 bits per heavy atom. The normalized spacial score (nSPS) is 26.8. The number of carbonyl (C=O) groups is 1. The molecule has 33 heavy (non-hydrogen) atoms. The van der Waals surface area contributed by atoms with Gasteiger partial charge in [-0.2, -0.15) is 0 Å². The van der Waals surface area contributed by atoms with Crippen molar-refractivity contribution in [2.45, 2.75) is 55.4 Å². The molecule has 1 saturated heterocycles. The van der Waals surface area contributed by atoms with Crippen molar-refractivity contribution in [2.75, 3.05) is 19.6 Å². The standard InChI is InChI=1S/C25H33N3O4S/c26-24-16-22(29)15-20(24)11-12-21-17-27(25(30)32-18-19-7-3-1-4-8-19)13-14-28(21)33(31)23-9-5-2-6-10-23/h1-10,20-22,24,29H,11-18,26H2. The van der Waals surface area contributed by atoms with Gasteiger partial charge in [0, 0.05) is 31.7 Å². The fourth-order valence-electron chi connectivity index (χ4n) is 4.81. The molecule has 7 nitrogen and oxygen atoms in total. The van der Waals surface area contributed by atoms with Crippen LogP contribution in [0.3, 0.4) is 0 Å². The topological polar surface area (TPSA) is 96.1 Å². The van der Waals surface area contributed by atoms with Crippen LogP contribution in [0.25, 0.3) is 0 Å². The van der Waals surface area contributed by atoms with Gasteiger partial charge in [0.2, 0.25) is 0 Å². The summed E-state index contributed by atoms with van der Waals surface area (Å²) in [5, 5.41) is 9.96. The summed E-state index contributed by atoms with van der Waals surface area (Å²) in [4.78, 5) is 15.3. The second-order valence-corrected chi connectivity index (χ2v) is 10.4. The number of hydrogen-bond donors (Lipinski definition) is 2. The van der Waals surface area contributed by atoms with Gasteiger partial charge in [0.05, 0.1) is 11.0 Å². The van der Waals surface area contributed by atoms with E-state index in [0.29, 0.717) is 32.5 Å². The lowest BCUT2D eigenvalue weighted by Crippen LogP contribution is -2.55. The van der Waals surface area contributed by atoms with Crippen LogP contribution in [-0.4, -0.2) is 62.4 Å². The van der Waals surface area contributed by atoms with E-state index in [-0.39, 0.29) is 36.8 Å². The van der Waals surface area contributed by atoms with E-state index in [9.17, 15) is 14.1 Å². The lowest BCUT2D eigenvalue weighted by Gasteiger charge is -2.40. The molecule has 2 fully saturated rings. The molecule has 0 bridgehead atoms. The van der Waals surface area contributed by atoms with Gasteiger partial charge in [-0.25, -0.2) is 13.3 Å². The van der Waals surface area contributed by atoms with Crippen molar-refractivity contribution in [3.8, 4) is 0 Å². The molecule has 4 rings (SSSR count). The Kier molecular flexibility index (Phi) is 8.14. The summed E-state index contributed by atoms with van der Waals surface area (Å²) < 4.78 is 20.9. The predicted octanol–water partition coefficient (Wildman–Crippen LogP) is 2.91. The van der Waals surface area contributed by atoms with Gasteiger partial charge in [0.15, 0.2) is 0 Å². The highest BCUT2D eigenvalue weighted by atomic mass is 32.2. The monoisotopic (exact) mass is 471 g/mol. The summed E-state index contributed by atoms with van der Waals surface area (Å²) in [6, 6.07) is 19.0. The van der Waals surface area contributed by atoms with Crippen LogP contribution in [0.15, 0.2) is 65.6 Å². The Labute approximate surface area is 198 Å². The average Bonchev–Trinajstić information content (AvgIpc) is 3.18.